The molecule has 0 unspecified atom stereocenters. The molecular weight excluding hydrogens is 514 g/mol. The molecule has 3 atom stereocenters. The molecule has 1 aliphatic carbocycles. The van der Waals surface area contributed by atoms with Crippen LogP contribution in [0.25, 0.3) is 0 Å². The number of hydrogen-bond acceptors (Lipinski definition) is 6. The SMILES string of the molecule is CC(C)(C)c1ccc(OCCCC(=O)NCC(=O)N2[C@H]3C[C@@]3(C)C[C@H]2C(=O)NCc2cc(C(=N)N)cs2)cc1. The lowest BCUT2D eigenvalue weighted by Crippen LogP contribution is -2.50. The molecule has 5 N–H and O–H groups in total. The van der Waals surface area contributed by atoms with Crippen molar-refractivity contribution in [2.24, 2.45) is 11.1 Å². The number of nitrogens with two attached hydrogens (primary N) is 1. The van der Waals surface area contributed by atoms with Crippen LogP contribution in [0.5, 0.6) is 5.75 Å². The van der Waals surface area contributed by atoms with Gasteiger partial charge in [-0.1, -0.05) is 39.8 Å². The van der Waals surface area contributed by atoms with Gasteiger partial charge in [0.15, 0.2) is 0 Å². The summed E-state index contributed by atoms with van der Waals surface area (Å²) in [6.45, 7) is 9.17. The molecule has 210 valence electrons. The average Bonchev–Trinajstić information content (AvgIpc) is 3.20. The number of nitrogens with zero attached hydrogens (tertiary/aromatic N) is 1. The molecule has 0 spiro atoms. The highest BCUT2D eigenvalue weighted by molar-refractivity contribution is 7.10. The van der Waals surface area contributed by atoms with Crippen LogP contribution in [-0.2, 0) is 26.3 Å². The first kappa shape index (κ1) is 28.6. The highest BCUT2D eigenvalue weighted by Crippen LogP contribution is 2.59. The van der Waals surface area contributed by atoms with Gasteiger partial charge in [0.2, 0.25) is 17.7 Å². The largest absolute Gasteiger partial charge is 0.494 e. The van der Waals surface area contributed by atoms with E-state index >= 15 is 0 Å². The van der Waals surface area contributed by atoms with Crippen LogP contribution in [0.4, 0.5) is 0 Å². The number of likely N-dealkylation sites (tertiary alicyclic amines) is 1. The molecular formula is C29H39N5O4S. The summed E-state index contributed by atoms with van der Waals surface area (Å²) < 4.78 is 5.75. The molecule has 2 aliphatic rings. The van der Waals surface area contributed by atoms with E-state index in [4.69, 9.17) is 15.9 Å². The number of ether oxygens (including phenoxy) is 1. The Bertz CT molecular complexity index is 1240. The van der Waals surface area contributed by atoms with Crippen molar-refractivity contribution in [3.63, 3.8) is 0 Å². The van der Waals surface area contributed by atoms with E-state index in [9.17, 15) is 14.4 Å². The lowest BCUT2D eigenvalue weighted by molar-refractivity contribution is -0.140. The van der Waals surface area contributed by atoms with Gasteiger partial charge in [0.05, 0.1) is 19.7 Å². The Balaban J connectivity index is 1.20. The van der Waals surface area contributed by atoms with Crippen molar-refractivity contribution in [1.82, 2.24) is 15.5 Å². The molecule has 3 amide bonds. The van der Waals surface area contributed by atoms with Gasteiger partial charge in [-0.25, -0.2) is 0 Å². The van der Waals surface area contributed by atoms with E-state index in [1.807, 2.05) is 12.1 Å². The van der Waals surface area contributed by atoms with Crippen molar-refractivity contribution in [3.8, 4) is 5.75 Å². The second-order valence-corrected chi connectivity index (χ2v) is 12.8. The zero-order valence-electron chi connectivity index (χ0n) is 23.1. The molecule has 1 aromatic carbocycles. The average molecular weight is 554 g/mol. The predicted octanol–water partition coefficient (Wildman–Crippen LogP) is 3.30. The number of benzene rings is 1. The van der Waals surface area contributed by atoms with Crippen LogP contribution in [0.2, 0.25) is 0 Å². The van der Waals surface area contributed by atoms with E-state index in [2.05, 4.69) is 50.5 Å². The maximum absolute atomic E-state index is 13.1. The van der Waals surface area contributed by atoms with Crippen LogP contribution in [0, 0.1) is 10.8 Å². The number of piperidine rings is 1. The highest BCUT2D eigenvalue weighted by Gasteiger charge is 2.64. The van der Waals surface area contributed by atoms with Crippen LogP contribution in [0.3, 0.4) is 0 Å². The fourth-order valence-corrected chi connectivity index (χ4v) is 5.92. The summed E-state index contributed by atoms with van der Waals surface area (Å²) in [6.07, 6.45) is 2.27. The molecule has 0 radical (unpaired) electrons. The Hall–Kier alpha value is -3.40. The summed E-state index contributed by atoms with van der Waals surface area (Å²) in [5.41, 5.74) is 7.41. The minimum Gasteiger partial charge on any atom is -0.494 e. The minimum absolute atomic E-state index is 0.00937. The number of amidine groups is 1. The topological polar surface area (TPSA) is 138 Å². The third-order valence-corrected chi connectivity index (χ3v) is 8.54. The number of amides is 3. The summed E-state index contributed by atoms with van der Waals surface area (Å²) in [5, 5.41) is 14.9. The number of thiophene rings is 1. The maximum Gasteiger partial charge on any atom is 0.243 e. The van der Waals surface area contributed by atoms with Crippen molar-refractivity contribution in [3.05, 3.63) is 51.7 Å². The monoisotopic (exact) mass is 553 g/mol. The summed E-state index contributed by atoms with van der Waals surface area (Å²) >= 11 is 1.42. The molecule has 2 heterocycles. The lowest BCUT2D eigenvalue weighted by Gasteiger charge is -2.27. The van der Waals surface area contributed by atoms with Crippen LogP contribution in [-0.4, -0.2) is 53.7 Å². The van der Waals surface area contributed by atoms with Gasteiger partial charge in [-0.3, -0.25) is 19.8 Å². The van der Waals surface area contributed by atoms with Gasteiger partial charge in [-0.05, 0) is 53.9 Å². The molecule has 4 rings (SSSR count). The van der Waals surface area contributed by atoms with Crippen LogP contribution in [0.15, 0.2) is 35.7 Å². The molecule has 1 saturated carbocycles. The molecule has 2 aromatic rings. The number of nitrogen functional groups attached to an aromatic ring is 1. The molecule has 1 saturated heterocycles. The van der Waals surface area contributed by atoms with E-state index in [0.717, 1.165) is 17.0 Å². The van der Waals surface area contributed by atoms with Crippen molar-refractivity contribution in [2.75, 3.05) is 13.2 Å². The van der Waals surface area contributed by atoms with Crippen LogP contribution in [0.1, 0.15) is 69.4 Å². The Morgan fingerprint density at radius 1 is 1.18 bits per heavy atom. The second-order valence-electron chi connectivity index (χ2n) is 11.8. The zero-order valence-corrected chi connectivity index (χ0v) is 24.0. The Kier molecular flexibility index (Phi) is 8.34. The fraction of sp³-hybridized carbons (Fsp3) is 0.517. The standard InChI is InChI=1S/C29H39N5O4S/c1-28(2,3)19-7-9-20(10-8-19)38-11-5-6-24(35)32-16-25(36)34-22(13-29(4)14-23(29)34)27(37)33-15-21-12-18(17-39-21)26(30)31/h7-10,12,17,22-23H,5-6,11,13-16H2,1-4H3,(H3,30,31)(H,32,35)(H,33,37)/t22-,23-,29+/m0/s1. The number of carbonyl (C=O) groups excluding carboxylic acids is 3. The normalized spacial score (nSPS) is 21.7. The number of carbonyl (C=O) groups is 3. The van der Waals surface area contributed by atoms with Crippen molar-refractivity contribution >= 4 is 34.9 Å². The Morgan fingerprint density at radius 3 is 2.54 bits per heavy atom. The van der Waals surface area contributed by atoms with Gasteiger partial charge in [0, 0.05) is 28.3 Å². The zero-order chi connectivity index (χ0) is 28.4. The number of rotatable bonds is 11. The summed E-state index contributed by atoms with van der Waals surface area (Å²) in [6, 6.07) is 9.25. The van der Waals surface area contributed by atoms with Gasteiger partial charge >= 0.3 is 0 Å². The third kappa shape index (κ3) is 6.98. The van der Waals surface area contributed by atoms with Gasteiger partial charge in [0.25, 0.3) is 0 Å². The van der Waals surface area contributed by atoms with E-state index < -0.39 is 6.04 Å². The lowest BCUT2D eigenvalue weighted by atomic mass is 9.87. The van der Waals surface area contributed by atoms with Gasteiger partial charge in [0.1, 0.15) is 17.6 Å². The van der Waals surface area contributed by atoms with E-state index in [1.54, 1.807) is 16.3 Å². The molecule has 1 aliphatic heterocycles. The molecule has 1 aromatic heterocycles. The smallest absolute Gasteiger partial charge is 0.243 e. The second kappa shape index (κ2) is 11.4. The molecule has 2 fully saturated rings. The van der Waals surface area contributed by atoms with E-state index in [1.165, 1.54) is 16.9 Å². The highest BCUT2D eigenvalue weighted by atomic mass is 32.1. The quantitative estimate of drug-likeness (QED) is 0.192. The Labute approximate surface area is 234 Å². The third-order valence-electron chi connectivity index (χ3n) is 7.60. The number of fused-ring (bicyclic) bond motifs is 1. The molecule has 9 nitrogen and oxygen atoms in total. The minimum atomic E-state index is -0.552. The van der Waals surface area contributed by atoms with Crippen LogP contribution >= 0.6 is 11.3 Å². The van der Waals surface area contributed by atoms with Crippen molar-refractivity contribution in [1.29, 1.82) is 5.41 Å². The number of hydrogen-bond donors (Lipinski definition) is 4. The first-order valence-electron chi connectivity index (χ1n) is 13.4. The van der Waals surface area contributed by atoms with Gasteiger partial charge in [-0.2, -0.15) is 0 Å². The molecule has 39 heavy (non-hydrogen) atoms. The molecule has 0 bridgehead atoms. The van der Waals surface area contributed by atoms with Crippen LogP contribution < -0.4 is 21.1 Å². The fourth-order valence-electron chi connectivity index (χ4n) is 5.09. The van der Waals surface area contributed by atoms with Crippen molar-refractivity contribution < 1.29 is 19.1 Å². The first-order valence-corrected chi connectivity index (χ1v) is 14.3. The summed E-state index contributed by atoms with van der Waals surface area (Å²) in [4.78, 5) is 41.0. The van der Waals surface area contributed by atoms with E-state index in [0.29, 0.717) is 31.6 Å². The molecule has 10 heteroatoms. The predicted molar refractivity (Wildman–Crippen MR) is 152 cm³/mol. The maximum atomic E-state index is 13.1. The Morgan fingerprint density at radius 2 is 1.90 bits per heavy atom. The summed E-state index contributed by atoms with van der Waals surface area (Å²) in [5.74, 6) is 0.105. The van der Waals surface area contributed by atoms with Gasteiger partial charge in [-0.15, -0.1) is 11.3 Å². The van der Waals surface area contributed by atoms with Gasteiger partial charge < -0.3 is 26.0 Å². The summed E-state index contributed by atoms with van der Waals surface area (Å²) in [7, 11) is 0. The van der Waals surface area contributed by atoms with Crippen molar-refractivity contribution in [2.45, 2.75) is 77.4 Å². The first-order chi connectivity index (χ1) is 18.4. The van der Waals surface area contributed by atoms with E-state index in [-0.39, 0.29) is 53.4 Å². The number of nitrogens with one attached hydrogen (secondary N) is 3.